The summed E-state index contributed by atoms with van der Waals surface area (Å²) in [7, 11) is 0. The summed E-state index contributed by atoms with van der Waals surface area (Å²) in [5.74, 6) is 2.48. The van der Waals surface area contributed by atoms with Gasteiger partial charge in [-0.15, -0.1) is 0 Å². The lowest BCUT2D eigenvalue weighted by molar-refractivity contribution is -0.137. The van der Waals surface area contributed by atoms with Crippen LogP contribution in [-0.2, 0) is 4.79 Å². The van der Waals surface area contributed by atoms with E-state index < -0.39 is 0 Å². The van der Waals surface area contributed by atoms with Crippen molar-refractivity contribution in [3.8, 4) is 0 Å². The Balaban J connectivity index is 1.50. The van der Waals surface area contributed by atoms with E-state index in [1.807, 2.05) is 0 Å². The lowest BCUT2D eigenvalue weighted by Gasteiger charge is -2.39. The van der Waals surface area contributed by atoms with Crippen LogP contribution in [-0.4, -0.2) is 52.9 Å². The number of hydrogen-bond donors (Lipinski definition) is 1. The maximum Gasteiger partial charge on any atom is 0.225 e. The van der Waals surface area contributed by atoms with Crippen molar-refractivity contribution < 1.29 is 4.79 Å². The van der Waals surface area contributed by atoms with Crippen molar-refractivity contribution >= 4 is 23.1 Å². The van der Waals surface area contributed by atoms with Gasteiger partial charge in [0.2, 0.25) is 5.91 Å². The molecular formula is C15H25N3OS. The summed E-state index contributed by atoms with van der Waals surface area (Å²) >= 11 is 5.14. The number of piperazine rings is 1. The summed E-state index contributed by atoms with van der Waals surface area (Å²) in [6, 6.07) is 0.196. The standard InChI is InChI=1S/C15H25N3OS/c1-2-13(14(16)20)17-3-5-18(6-4-17)15(19)12-8-10-7-11(10)9-12/h10-13H,2-9H2,1H3,(H2,16,20). The van der Waals surface area contributed by atoms with Crippen molar-refractivity contribution in [2.45, 2.75) is 38.6 Å². The molecule has 0 aromatic carbocycles. The Bertz CT molecular complexity index is 396. The SMILES string of the molecule is CCC(C(N)=S)N1CCN(C(=O)C2CC3CC3C2)CC1. The molecule has 0 aromatic heterocycles. The van der Waals surface area contributed by atoms with Crippen LogP contribution in [0.3, 0.4) is 0 Å². The number of fused-ring (bicyclic) bond motifs is 1. The van der Waals surface area contributed by atoms with Crippen molar-refractivity contribution in [3.63, 3.8) is 0 Å². The smallest absolute Gasteiger partial charge is 0.225 e. The van der Waals surface area contributed by atoms with Crippen LogP contribution < -0.4 is 5.73 Å². The van der Waals surface area contributed by atoms with Crippen LogP contribution in [0.4, 0.5) is 0 Å². The van der Waals surface area contributed by atoms with E-state index in [1.54, 1.807) is 0 Å². The van der Waals surface area contributed by atoms with E-state index in [-0.39, 0.29) is 6.04 Å². The molecule has 0 spiro atoms. The Morgan fingerprint density at radius 2 is 1.80 bits per heavy atom. The maximum atomic E-state index is 12.5. The Morgan fingerprint density at radius 1 is 1.20 bits per heavy atom. The van der Waals surface area contributed by atoms with E-state index in [4.69, 9.17) is 18.0 Å². The minimum absolute atomic E-state index is 0.196. The van der Waals surface area contributed by atoms with Crippen LogP contribution in [0.5, 0.6) is 0 Å². The molecule has 2 N–H and O–H groups in total. The van der Waals surface area contributed by atoms with Gasteiger partial charge in [0.15, 0.2) is 0 Å². The summed E-state index contributed by atoms with van der Waals surface area (Å²) in [6.45, 7) is 5.60. The third kappa shape index (κ3) is 2.70. The highest BCUT2D eigenvalue weighted by molar-refractivity contribution is 7.80. The average molecular weight is 295 g/mol. The number of carbonyl (C=O) groups excluding carboxylic acids is 1. The number of hydrogen-bond acceptors (Lipinski definition) is 3. The van der Waals surface area contributed by atoms with Gasteiger partial charge in [0.05, 0.1) is 11.0 Å². The Morgan fingerprint density at radius 3 is 2.30 bits per heavy atom. The summed E-state index contributed by atoms with van der Waals surface area (Å²) in [4.78, 5) is 17.5. The number of nitrogens with zero attached hydrogens (tertiary/aromatic N) is 2. The fourth-order valence-corrected chi connectivity index (χ4v) is 4.38. The number of amides is 1. The molecule has 3 unspecified atom stereocenters. The molecule has 5 heteroatoms. The predicted octanol–water partition coefficient (Wildman–Crippen LogP) is 1.24. The lowest BCUT2D eigenvalue weighted by Crippen LogP contribution is -2.55. The molecule has 1 amide bonds. The van der Waals surface area contributed by atoms with Gasteiger partial charge in [-0.3, -0.25) is 9.69 Å². The van der Waals surface area contributed by atoms with E-state index >= 15 is 0 Å². The van der Waals surface area contributed by atoms with Crippen molar-refractivity contribution in [2.24, 2.45) is 23.5 Å². The molecule has 0 radical (unpaired) electrons. The fraction of sp³-hybridized carbons (Fsp3) is 0.867. The van der Waals surface area contributed by atoms with E-state index in [0.29, 0.717) is 16.8 Å². The van der Waals surface area contributed by atoms with E-state index in [2.05, 4.69) is 16.7 Å². The third-order valence-electron chi connectivity index (χ3n) is 5.37. The number of carbonyl (C=O) groups is 1. The molecule has 3 aliphatic rings. The molecule has 1 saturated heterocycles. The van der Waals surface area contributed by atoms with E-state index in [1.165, 1.54) is 6.42 Å². The first kappa shape index (κ1) is 14.3. The molecule has 1 heterocycles. The van der Waals surface area contributed by atoms with Crippen molar-refractivity contribution in [2.75, 3.05) is 26.2 Å². The molecule has 0 aromatic rings. The molecule has 4 nitrogen and oxygen atoms in total. The molecule has 20 heavy (non-hydrogen) atoms. The van der Waals surface area contributed by atoms with Gasteiger partial charge in [-0.1, -0.05) is 19.1 Å². The average Bonchev–Trinajstić information content (AvgIpc) is 3.05. The molecule has 3 atom stereocenters. The van der Waals surface area contributed by atoms with Gasteiger partial charge < -0.3 is 10.6 Å². The van der Waals surface area contributed by atoms with Gasteiger partial charge in [-0.2, -0.15) is 0 Å². The highest BCUT2D eigenvalue weighted by Crippen LogP contribution is 2.54. The van der Waals surface area contributed by atoms with Gasteiger partial charge in [0.1, 0.15) is 0 Å². The van der Waals surface area contributed by atoms with Gasteiger partial charge in [0, 0.05) is 32.1 Å². The summed E-state index contributed by atoms with van der Waals surface area (Å²) in [5.41, 5.74) is 5.80. The number of rotatable bonds is 4. The first-order chi connectivity index (χ1) is 9.60. The van der Waals surface area contributed by atoms with E-state index in [9.17, 15) is 4.79 Å². The van der Waals surface area contributed by atoms with Crippen LogP contribution in [0.15, 0.2) is 0 Å². The van der Waals surface area contributed by atoms with Crippen LogP contribution >= 0.6 is 12.2 Å². The van der Waals surface area contributed by atoms with Crippen molar-refractivity contribution in [1.29, 1.82) is 0 Å². The summed E-state index contributed by atoms with van der Waals surface area (Å²) in [5, 5.41) is 0. The second-order valence-electron chi connectivity index (χ2n) is 6.61. The topological polar surface area (TPSA) is 49.6 Å². The Labute approximate surface area is 126 Å². The number of nitrogens with two attached hydrogens (primary N) is 1. The zero-order valence-corrected chi connectivity index (χ0v) is 13.1. The molecule has 2 saturated carbocycles. The summed E-state index contributed by atoms with van der Waals surface area (Å²) < 4.78 is 0. The van der Waals surface area contributed by atoms with Gasteiger partial charge in [0.25, 0.3) is 0 Å². The Kier molecular flexibility index (Phi) is 4.00. The molecular weight excluding hydrogens is 270 g/mol. The second kappa shape index (κ2) is 5.60. The maximum absolute atomic E-state index is 12.5. The number of thiocarbonyl (C=S) groups is 1. The molecule has 2 aliphatic carbocycles. The predicted molar refractivity (Wildman–Crippen MR) is 83.3 cm³/mol. The minimum Gasteiger partial charge on any atom is -0.392 e. The first-order valence-corrected chi connectivity index (χ1v) is 8.33. The van der Waals surface area contributed by atoms with Gasteiger partial charge in [-0.05, 0) is 37.5 Å². The second-order valence-corrected chi connectivity index (χ2v) is 7.08. The van der Waals surface area contributed by atoms with E-state index in [0.717, 1.165) is 57.3 Å². The van der Waals surface area contributed by atoms with Gasteiger partial charge >= 0.3 is 0 Å². The Hall–Kier alpha value is -0.680. The zero-order valence-electron chi connectivity index (χ0n) is 12.3. The molecule has 0 bridgehead atoms. The normalized spacial score (nSPS) is 34.6. The highest BCUT2D eigenvalue weighted by Gasteiger charge is 2.48. The highest BCUT2D eigenvalue weighted by atomic mass is 32.1. The largest absolute Gasteiger partial charge is 0.392 e. The minimum atomic E-state index is 0.196. The fourth-order valence-electron chi connectivity index (χ4n) is 4.07. The van der Waals surface area contributed by atoms with Crippen LogP contribution in [0.1, 0.15) is 32.6 Å². The molecule has 1 aliphatic heterocycles. The third-order valence-corrected chi connectivity index (χ3v) is 5.65. The molecule has 3 rings (SSSR count). The monoisotopic (exact) mass is 295 g/mol. The summed E-state index contributed by atoms with van der Waals surface area (Å²) in [6.07, 6.45) is 4.63. The molecule has 3 fully saturated rings. The van der Waals surface area contributed by atoms with Crippen LogP contribution in [0.25, 0.3) is 0 Å². The zero-order chi connectivity index (χ0) is 14.3. The lowest BCUT2D eigenvalue weighted by atomic mass is 10.0. The van der Waals surface area contributed by atoms with Crippen LogP contribution in [0, 0.1) is 17.8 Å². The van der Waals surface area contributed by atoms with Crippen molar-refractivity contribution in [3.05, 3.63) is 0 Å². The molecule has 112 valence electrons. The van der Waals surface area contributed by atoms with Crippen LogP contribution in [0.2, 0.25) is 0 Å². The van der Waals surface area contributed by atoms with Gasteiger partial charge in [-0.25, -0.2) is 0 Å². The first-order valence-electron chi connectivity index (χ1n) is 7.92. The quantitative estimate of drug-likeness (QED) is 0.793. The van der Waals surface area contributed by atoms with Crippen molar-refractivity contribution in [1.82, 2.24) is 9.80 Å².